The number of halogens is 3. The van der Waals surface area contributed by atoms with E-state index >= 15 is 4.39 Å². The molecule has 5 rings (SSSR count). The number of piperidine rings is 1. The molecule has 2 amide bonds. The number of carbonyl (C=O) groups is 2. The van der Waals surface area contributed by atoms with E-state index in [1.807, 2.05) is 4.90 Å². The number of allylic oxidation sites excluding steroid dienone is 2. The van der Waals surface area contributed by atoms with Crippen LogP contribution in [0, 0.1) is 11.9 Å². The Hall–Kier alpha value is -3.71. The van der Waals surface area contributed by atoms with Gasteiger partial charge < -0.3 is 15.5 Å². The predicted molar refractivity (Wildman–Crippen MR) is 137 cm³/mol. The minimum atomic E-state index is -2.17. The van der Waals surface area contributed by atoms with E-state index in [1.165, 1.54) is 12.3 Å². The zero-order chi connectivity index (χ0) is 26.7. The molecule has 198 valence electrons. The van der Waals surface area contributed by atoms with Gasteiger partial charge in [-0.2, -0.15) is 4.39 Å². The summed E-state index contributed by atoms with van der Waals surface area (Å²) in [6.45, 7) is 1.74. The molecule has 0 aliphatic carbocycles. The van der Waals surface area contributed by atoms with Crippen LogP contribution in [0.5, 0.6) is 0 Å². The summed E-state index contributed by atoms with van der Waals surface area (Å²) >= 11 is 0.832. The van der Waals surface area contributed by atoms with Gasteiger partial charge in [-0.25, -0.2) is 23.7 Å². The highest BCUT2D eigenvalue weighted by molar-refractivity contribution is 8.18. The standard InChI is InChI=1S/C25H24F3N7O2S/c26-17-10-19(16-1-5-30-21(27)9-16)34-25(28,12-17)14-29-13-15-3-7-35(8-4-15)23-31-6-2-18(32-23)11-20-22(36)33-24(37)38-20/h1-2,5-6,9-12,15,29,34H,3-4,7-8,13-14H2,(H,33,36,37). The third-order valence-electron chi connectivity index (χ3n) is 6.33. The third-order valence-corrected chi connectivity index (χ3v) is 7.14. The van der Waals surface area contributed by atoms with Crippen LogP contribution in [0.15, 0.2) is 53.5 Å². The number of dihydropyridines is 1. The molecule has 0 radical (unpaired) electrons. The topological polar surface area (TPSA) is 112 Å². The lowest BCUT2D eigenvalue weighted by atomic mass is 9.96. The average Bonchev–Trinajstić information content (AvgIpc) is 3.20. The second kappa shape index (κ2) is 11.0. The van der Waals surface area contributed by atoms with E-state index in [9.17, 15) is 18.4 Å². The lowest BCUT2D eigenvalue weighted by Crippen LogP contribution is -2.49. The molecule has 2 fully saturated rings. The van der Waals surface area contributed by atoms with Gasteiger partial charge in [0.15, 0.2) is 0 Å². The number of aromatic nitrogens is 3. The fraction of sp³-hybridized carbons (Fsp3) is 0.320. The van der Waals surface area contributed by atoms with E-state index in [0.717, 1.165) is 42.8 Å². The largest absolute Gasteiger partial charge is 0.349 e. The zero-order valence-corrected chi connectivity index (χ0v) is 20.9. The van der Waals surface area contributed by atoms with Crippen molar-refractivity contribution in [3.63, 3.8) is 0 Å². The molecule has 2 aromatic rings. The van der Waals surface area contributed by atoms with E-state index < -0.39 is 28.7 Å². The van der Waals surface area contributed by atoms with Crippen molar-refractivity contribution in [2.75, 3.05) is 31.1 Å². The molecule has 13 heteroatoms. The first-order chi connectivity index (χ1) is 18.3. The Morgan fingerprint density at radius 3 is 2.71 bits per heavy atom. The molecule has 1 atom stereocenters. The molecule has 9 nitrogen and oxygen atoms in total. The van der Waals surface area contributed by atoms with Crippen LogP contribution in [0.2, 0.25) is 0 Å². The second-order valence-corrected chi connectivity index (χ2v) is 10.2. The maximum Gasteiger partial charge on any atom is 0.290 e. The fourth-order valence-electron chi connectivity index (χ4n) is 4.46. The Bertz CT molecular complexity index is 1340. The van der Waals surface area contributed by atoms with Crippen molar-refractivity contribution in [2.45, 2.75) is 18.6 Å². The molecule has 3 aliphatic heterocycles. The normalized spacial score (nSPS) is 23.2. The highest BCUT2D eigenvalue weighted by atomic mass is 32.2. The minimum absolute atomic E-state index is 0.139. The quantitative estimate of drug-likeness (QED) is 0.275. The molecule has 0 spiro atoms. The number of hydrogen-bond donors (Lipinski definition) is 3. The Morgan fingerprint density at radius 2 is 1.97 bits per heavy atom. The van der Waals surface area contributed by atoms with E-state index in [4.69, 9.17) is 0 Å². The van der Waals surface area contributed by atoms with Crippen LogP contribution in [0.1, 0.15) is 24.1 Å². The van der Waals surface area contributed by atoms with Gasteiger partial charge in [0.05, 0.1) is 17.1 Å². The highest BCUT2D eigenvalue weighted by Crippen LogP contribution is 2.28. The van der Waals surface area contributed by atoms with Crippen molar-refractivity contribution >= 4 is 40.6 Å². The van der Waals surface area contributed by atoms with Crippen molar-refractivity contribution in [1.29, 1.82) is 0 Å². The summed E-state index contributed by atoms with van der Waals surface area (Å²) in [4.78, 5) is 37.8. The monoisotopic (exact) mass is 543 g/mol. The molecular weight excluding hydrogens is 519 g/mol. The Kier molecular flexibility index (Phi) is 7.47. The van der Waals surface area contributed by atoms with Gasteiger partial charge in [-0.1, -0.05) is 0 Å². The number of thioether (sulfide) groups is 1. The summed E-state index contributed by atoms with van der Waals surface area (Å²) in [6, 6.07) is 4.25. The molecule has 1 unspecified atom stereocenters. The number of hydrogen-bond acceptors (Lipinski definition) is 9. The first kappa shape index (κ1) is 25.9. The molecule has 5 heterocycles. The van der Waals surface area contributed by atoms with Crippen molar-refractivity contribution in [3.8, 4) is 0 Å². The van der Waals surface area contributed by atoms with Crippen LogP contribution in [0.3, 0.4) is 0 Å². The van der Waals surface area contributed by atoms with Crippen LogP contribution in [-0.4, -0.2) is 58.1 Å². The maximum absolute atomic E-state index is 15.4. The minimum Gasteiger partial charge on any atom is -0.349 e. The van der Waals surface area contributed by atoms with Crippen LogP contribution < -0.4 is 20.9 Å². The Labute approximate surface area is 220 Å². The van der Waals surface area contributed by atoms with Gasteiger partial charge in [-0.05, 0) is 61.4 Å². The predicted octanol–water partition coefficient (Wildman–Crippen LogP) is 3.30. The smallest absolute Gasteiger partial charge is 0.290 e. The summed E-state index contributed by atoms with van der Waals surface area (Å²) in [5.74, 6) is -3.29. The number of imide groups is 1. The van der Waals surface area contributed by atoms with Gasteiger partial charge in [-0.15, -0.1) is 0 Å². The second-order valence-electron chi connectivity index (χ2n) is 9.14. The van der Waals surface area contributed by atoms with Gasteiger partial charge in [-0.3, -0.25) is 14.9 Å². The van der Waals surface area contributed by atoms with Gasteiger partial charge in [0, 0.05) is 48.9 Å². The molecule has 0 saturated carbocycles. The summed E-state index contributed by atoms with van der Waals surface area (Å²) in [5, 5.41) is 7.55. The molecule has 0 bridgehead atoms. The first-order valence-electron chi connectivity index (χ1n) is 12.0. The van der Waals surface area contributed by atoms with Crippen molar-refractivity contribution in [3.05, 3.63) is 70.7 Å². The van der Waals surface area contributed by atoms with Crippen molar-refractivity contribution in [2.24, 2.45) is 5.92 Å². The molecule has 0 aromatic carbocycles. The fourth-order valence-corrected chi connectivity index (χ4v) is 5.13. The summed E-state index contributed by atoms with van der Waals surface area (Å²) in [7, 11) is 0. The lowest BCUT2D eigenvalue weighted by Gasteiger charge is -2.33. The summed E-state index contributed by atoms with van der Waals surface area (Å²) in [5.41, 5.74) is 0.972. The molecule has 38 heavy (non-hydrogen) atoms. The van der Waals surface area contributed by atoms with Crippen LogP contribution in [0.25, 0.3) is 11.8 Å². The van der Waals surface area contributed by atoms with Crippen LogP contribution in [-0.2, 0) is 4.79 Å². The molecular formula is C25H24F3N7O2S. The number of anilines is 1. The number of carbonyl (C=O) groups excluding carboxylic acids is 2. The summed E-state index contributed by atoms with van der Waals surface area (Å²) < 4.78 is 43.1. The van der Waals surface area contributed by atoms with E-state index in [0.29, 0.717) is 36.8 Å². The number of nitrogens with one attached hydrogen (secondary N) is 3. The Morgan fingerprint density at radius 1 is 1.18 bits per heavy atom. The van der Waals surface area contributed by atoms with Crippen LogP contribution >= 0.6 is 11.8 Å². The van der Waals surface area contributed by atoms with Crippen molar-refractivity contribution in [1.82, 2.24) is 30.9 Å². The number of alkyl halides is 1. The number of pyridine rings is 1. The Balaban J connectivity index is 1.12. The average molecular weight is 544 g/mol. The molecule has 2 aromatic heterocycles. The van der Waals surface area contributed by atoms with Gasteiger partial charge in [0.2, 0.25) is 17.7 Å². The number of nitrogens with zero attached hydrogens (tertiary/aromatic N) is 4. The van der Waals surface area contributed by atoms with Crippen molar-refractivity contribution < 1.29 is 22.8 Å². The third kappa shape index (κ3) is 6.22. The van der Waals surface area contributed by atoms with E-state index in [2.05, 4.69) is 30.9 Å². The molecule has 2 saturated heterocycles. The van der Waals surface area contributed by atoms with E-state index in [1.54, 1.807) is 18.3 Å². The van der Waals surface area contributed by atoms with Crippen LogP contribution in [0.4, 0.5) is 23.9 Å². The van der Waals surface area contributed by atoms with Gasteiger partial charge in [0.25, 0.3) is 11.1 Å². The number of rotatable bonds is 7. The number of amides is 2. The molecule has 3 aliphatic rings. The van der Waals surface area contributed by atoms with Gasteiger partial charge >= 0.3 is 0 Å². The first-order valence-corrected chi connectivity index (χ1v) is 12.8. The lowest BCUT2D eigenvalue weighted by molar-refractivity contribution is -0.115. The van der Waals surface area contributed by atoms with E-state index in [-0.39, 0.29) is 23.1 Å². The maximum atomic E-state index is 15.4. The zero-order valence-electron chi connectivity index (χ0n) is 20.1. The van der Waals surface area contributed by atoms with Gasteiger partial charge in [0.1, 0.15) is 5.83 Å². The highest BCUT2D eigenvalue weighted by Gasteiger charge is 2.32. The SMILES string of the molecule is O=C1NC(=O)C(=Cc2ccnc(N3CCC(CNCC4(F)C=C(F)C=C(c5ccnc(F)c5)N4)CC3)n2)S1. The molecule has 3 N–H and O–H groups in total. The summed E-state index contributed by atoms with van der Waals surface area (Å²) in [6.07, 6.45) is 8.02.